The second kappa shape index (κ2) is 4.84. The van der Waals surface area contributed by atoms with Gasteiger partial charge in [-0.1, -0.05) is 6.92 Å². The molecule has 0 radical (unpaired) electrons. The summed E-state index contributed by atoms with van der Waals surface area (Å²) in [7, 11) is 1.57. The van der Waals surface area contributed by atoms with Gasteiger partial charge >= 0.3 is 5.97 Å². The number of ether oxygens (including phenoxy) is 1. The van der Waals surface area contributed by atoms with Gasteiger partial charge in [0.15, 0.2) is 0 Å². The third-order valence-electron chi connectivity index (χ3n) is 2.15. The standard InChI is InChI=1S/C9H17NO3/c1-5-9(3,8(12)10-4)6-13-7(2)11/h5-6H2,1-4H3,(H,10,12). The van der Waals surface area contributed by atoms with Gasteiger partial charge in [0.1, 0.15) is 6.61 Å². The van der Waals surface area contributed by atoms with Crippen LogP contribution in [-0.2, 0) is 14.3 Å². The first-order valence-electron chi connectivity index (χ1n) is 4.32. The predicted octanol–water partition coefficient (Wildman–Crippen LogP) is 0.712. The van der Waals surface area contributed by atoms with Crippen molar-refractivity contribution in [1.82, 2.24) is 5.32 Å². The molecule has 0 fully saturated rings. The lowest BCUT2D eigenvalue weighted by molar-refractivity contribution is -0.148. The molecule has 76 valence electrons. The maximum absolute atomic E-state index is 11.4. The molecule has 0 heterocycles. The lowest BCUT2D eigenvalue weighted by Crippen LogP contribution is -2.40. The molecule has 0 aliphatic rings. The third kappa shape index (κ3) is 3.44. The Morgan fingerprint density at radius 1 is 1.46 bits per heavy atom. The number of hydrogen-bond donors (Lipinski definition) is 1. The zero-order valence-electron chi connectivity index (χ0n) is 8.64. The first-order valence-corrected chi connectivity index (χ1v) is 4.32. The Hall–Kier alpha value is -1.06. The maximum Gasteiger partial charge on any atom is 0.302 e. The highest BCUT2D eigenvalue weighted by Crippen LogP contribution is 2.21. The fraction of sp³-hybridized carbons (Fsp3) is 0.778. The third-order valence-corrected chi connectivity index (χ3v) is 2.15. The van der Waals surface area contributed by atoms with Gasteiger partial charge in [-0.05, 0) is 13.3 Å². The van der Waals surface area contributed by atoms with Gasteiger partial charge < -0.3 is 10.1 Å². The topological polar surface area (TPSA) is 55.4 Å². The molecule has 0 spiro atoms. The Bertz CT molecular complexity index is 203. The Balaban J connectivity index is 4.27. The van der Waals surface area contributed by atoms with Gasteiger partial charge in [0.05, 0.1) is 5.41 Å². The summed E-state index contributed by atoms with van der Waals surface area (Å²) >= 11 is 0. The molecule has 4 heteroatoms. The first-order chi connectivity index (χ1) is 5.96. The van der Waals surface area contributed by atoms with Crippen LogP contribution in [0.1, 0.15) is 27.2 Å². The normalized spacial score (nSPS) is 14.5. The molecule has 0 aliphatic heterocycles. The van der Waals surface area contributed by atoms with E-state index in [-0.39, 0.29) is 18.5 Å². The van der Waals surface area contributed by atoms with Crippen LogP contribution in [0.5, 0.6) is 0 Å². The SMILES string of the molecule is CCC(C)(COC(C)=O)C(=O)NC. The summed E-state index contributed by atoms with van der Waals surface area (Å²) in [6, 6.07) is 0. The van der Waals surface area contributed by atoms with E-state index in [9.17, 15) is 9.59 Å². The molecule has 1 N–H and O–H groups in total. The molecule has 1 atom stereocenters. The van der Waals surface area contributed by atoms with Crippen LogP contribution in [0.3, 0.4) is 0 Å². The predicted molar refractivity (Wildman–Crippen MR) is 49.1 cm³/mol. The highest BCUT2D eigenvalue weighted by Gasteiger charge is 2.31. The summed E-state index contributed by atoms with van der Waals surface area (Å²) in [5, 5.41) is 2.55. The summed E-state index contributed by atoms with van der Waals surface area (Å²) in [6.45, 7) is 5.13. The van der Waals surface area contributed by atoms with Crippen LogP contribution in [0, 0.1) is 5.41 Å². The molecule has 0 rings (SSSR count). The molecule has 0 saturated heterocycles. The van der Waals surface area contributed by atoms with Gasteiger partial charge in [0, 0.05) is 14.0 Å². The average Bonchev–Trinajstić information content (AvgIpc) is 2.12. The van der Waals surface area contributed by atoms with E-state index in [2.05, 4.69) is 5.32 Å². The molecule has 0 saturated carbocycles. The Kier molecular flexibility index (Phi) is 4.45. The Morgan fingerprint density at radius 2 is 2.00 bits per heavy atom. The van der Waals surface area contributed by atoms with E-state index in [0.717, 1.165) is 0 Å². The van der Waals surface area contributed by atoms with E-state index in [1.54, 1.807) is 14.0 Å². The fourth-order valence-electron chi connectivity index (χ4n) is 0.891. The van der Waals surface area contributed by atoms with Crippen LogP contribution < -0.4 is 5.32 Å². The van der Waals surface area contributed by atoms with Crippen molar-refractivity contribution in [2.45, 2.75) is 27.2 Å². The zero-order valence-corrected chi connectivity index (χ0v) is 8.64. The van der Waals surface area contributed by atoms with E-state index >= 15 is 0 Å². The smallest absolute Gasteiger partial charge is 0.302 e. The highest BCUT2D eigenvalue weighted by atomic mass is 16.5. The van der Waals surface area contributed by atoms with E-state index in [1.165, 1.54) is 6.92 Å². The number of carbonyl (C=O) groups is 2. The minimum atomic E-state index is -0.611. The largest absolute Gasteiger partial charge is 0.465 e. The molecule has 1 unspecified atom stereocenters. The van der Waals surface area contributed by atoms with E-state index in [1.807, 2.05) is 6.92 Å². The molecule has 4 nitrogen and oxygen atoms in total. The second-order valence-electron chi connectivity index (χ2n) is 3.27. The minimum Gasteiger partial charge on any atom is -0.465 e. The van der Waals surface area contributed by atoms with Gasteiger partial charge in [0.2, 0.25) is 5.91 Å². The summed E-state index contributed by atoms with van der Waals surface area (Å²) in [4.78, 5) is 21.9. The molecular formula is C9H17NO3. The van der Waals surface area contributed by atoms with Gasteiger partial charge in [-0.3, -0.25) is 9.59 Å². The molecule has 0 aromatic heterocycles. The van der Waals surface area contributed by atoms with Crippen molar-refractivity contribution in [3.8, 4) is 0 Å². The molecule has 13 heavy (non-hydrogen) atoms. The molecule has 1 amide bonds. The van der Waals surface area contributed by atoms with Crippen LogP contribution in [0.4, 0.5) is 0 Å². The number of rotatable bonds is 4. The van der Waals surface area contributed by atoms with Gasteiger partial charge in [-0.15, -0.1) is 0 Å². The van der Waals surface area contributed by atoms with Gasteiger partial charge in [-0.2, -0.15) is 0 Å². The summed E-state index contributed by atoms with van der Waals surface area (Å²) in [5.74, 6) is -0.458. The van der Waals surface area contributed by atoms with Crippen molar-refractivity contribution in [3.63, 3.8) is 0 Å². The number of carbonyl (C=O) groups excluding carboxylic acids is 2. The lowest BCUT2D eigenvalue weighted by atomic mass is 9.87. The van der Waals surface area contributed by atoms with Gasteiger partial charge in [-0.25, -0.2) is 0 Å². The fourth-order valence-corrected chi connectivity index (χ4v) is 0.891. The first kappa shape index (κ1) is 11.9. The van der Waals surface area contributed by atoms with Crippen molar-refractivity contribution in [2.75, 3.05) is 13.7 Å². The van der Waals surface area contributed by atoms with Crippen molar-refractivity contribution in [3.05, 3.63) is 0 Å². The van der Waals surface area contributed by atoms with Gasteiger partial charge in [0.25, 0.3) is 0 Å². The summed E-state index contributed by atoms with van der Waals surface area (Å²) in [6.07, 6.45) is 0.639. The number of nitrogens with one attached hydrogen (secondary N) is 1. The van der Waals surface area contributed by atoms with Crippen LogP contribution in [-0.4, -0.2) is 25.5 Å². The highest BCUT2D eigenvalue weighted by molar-refractivity contribution is 5.82. The van der Waals surface area contributed by atoms with Crippen molar-refractivity contribution < 1.29 is 14.3 Å². The summed E-state index contributed by atoms with van der Waals surface area (Å²) < 4.78 is 4.82. The van der Waals surface area contributed by atoms with E-state index < -0.39 is 5.41 Å². The number of esters is 1. The van der Waals surface area contributed by atoms with Crippen molar-refractivity contribution in [2.24, 2.45) is 5.41 Å². The Morgan fingerprint density at radius 3 is 2.31 bits per heavy atom. The molecule has 0 aromatic carbocycles. The lowest BCUT2D eigenvalue weighted by Gasteiger charge is -2.25. The van der Waals surface area contributed by atoms with Crippen LogP contribution >= 0.6 is 0 Å². The quantitative estimate of drug-likeness (QED) is 0.659. The number of amides is 1. The molecule has 0 aliphatic carbocycles. The van der Waals surface area contributed by atoms with Crippen LogP contribution in [0.25, 0.3) is 0 Å². The number of hydrogen-bond acceptors (Lipinski definition) is 3. The average molecular weight is 187 g/mol. The van der Waals surface area contributed by atoms with Crippen LogP contribution in [0.15, 0.2) is 0 Å². The van der Waals surface area contributed by atoms with Crippen LogP contribution in [0.2, 0.25) is 0 Å². The van der Waals surface area contributed by atoms with Crippen molar-refractivity contribution >= 4 is 11.9 Å². The minimum absolute atomic E-state index is 0.101. The monoisotopic (exact) mass is 187 g/mol. The zero-order chi connectivity index (χ0) is 10.5. The molecule has 0 bridgehead atoms. The molecular weight excluding hydrogens is 170 g/mol. The van der Waals surface area contributed by atoms with E-state index in [0.29, 0.717) is 6.42 Å². The maximum atomic E-state index is 11.4. The van der Waals surface area contributed by atoms with Crippen molar-refractivity contribution in [1.29, 1.82) is 0 Å². The summed E-state index contributed by atoms with van der Waals surface area (Å²) in [5.41, 5.74) is -0.611. The van der Waals surface area contributed by atoms with E-state index in [4.69, 9.17) is 4.74 Å². The second-order valence-corrected chi connectivity index (χ2v) is 3.27. The molecule has 0 aromatic rings. The Labute approximate surface area is 78.6 Å².